The molecule has 0 bridgehead atoms. The van der Waals surface area contributed by atoms with E-state index >= 15 is 0 Å². The zero-order valence-electron chi connectivity index (χ0n) is 5.17. The van der Waals surface area contributed by atoms with Crippen LogP contribution in [-0.4, -0.2) is 5.49 Å². The van der Waals surface area contributed by atoms with Crippen molar-refractivity contribution in [3.8, 4) is 0 Å². The van der Waals surface area contributed by atoms with Gasteiger partial charge in [0.1, 0.15) is 0 Å². The molecule has 0 spiro atoms. The van der Waals surface area contributed by atoms with Crippen LogP contribution >= 0.6 is 23.8 Å². The van der Waals surface area contributed by atoms with Gasteiger partial charge < -0.3 is 5.32 Å². The van der Waals surface area contributed by atoms with Gasteiger partial charge in [-0.15, -0.1) is 0 Å². The van der Waals surface area contributed by atoms with E-state index in [9.17, 15) is 0 Å². The van der Waals surface area contributed by atoms with Gasteiger partial charge in [0.2, 0.25) is 0 Å². The van der Waals surface area contributed by atoms with Gasteiger partial charge in [-0.3, -0.25) is 0 Å². The maximum absolute atomic E-state index is 5.65. The Morgan fingerprint density at radius 1 is 1.30 bits per heavy atom. The van der Waals surface area contributed by atoms with Crippen molar-refractivity contribution in [3.63, 3.8) is 0 Å². The number of hydrogen-bond acceptors (Lipinski definition) is 1. The van der Waals surface area contributed by atoms with Crippen molar-refractivity contribution in [2.24, 2.45) is 0 Å². The molecule has 0 amide bonds. The van der Waals surface area contributed by atoms with Gasteiger partial charge in [-0.05, 0) is 24.3 Å². The third kappa shape index (κ3) is 1.97. The fourth-order valence-electron chi connectivity index (χ4n) is 0.614. The van der Waals surface area contributed by atoms with E-state index in [1.165, 1.54) is 5.49 Å². The summed E-state index contributed by atoms with van der Waals surface area (Å²) in [4.78, 5) is 0. The zero-order chi connectivity index (χ0) is 7.40. The van der Waals surface area contributed by atoms with Crippen LogP contribution in [0.15, 0.2) is 24.3 Å². The molecule has 1 aromatic rings. The van der Waals surface area contributed by atoms with Gasteiger partial charge in [0.15, 0.2) is 0 Å². The van der Waals surface area contributed by atoms with E-state index in [0.717, 1.165) is 10.7 Å². The van der Waals surface area contributed by atoms with Gasteiger partial charge >= 0.3 is 0 Å². The summed E-state index contributed by atoms with van der Waals surface area (Å²) in [6, 6.07) is 7.35. The second-order valence-electron chi connectivity index (χ2n) is 1.77. The Kier molecular flexibility index (Phi) is 2.66. The minimum absolute atomic E-state index is 0.731. The minimum atomic E-state index is 0.731. The van der Waals surface area contributed by atoms with Crippen molar-refractivity contribution in [1.82, 2.24) is 0 Å². The second kappa shape index (κ2) is 3.54. The molecular formula is C7H6ClNS. The number of benzene rings is 1. The third-order valence-corrected chi connectivity index (χ3v) is 1.44. The molecule has 0 atom stereocenters. The van der Waals surface area contributed by atoms with E-state index in [0.29, 0.717) is 0 Å². The molecule has 0 aliphatic heterocycles. The van der Waals surface area contributed by atoms with Crippen LogP contribution in [0, 0.1) is 0 Å². The van der Waals surface area contributed by atoms with Gasteiger partial charge in [0, 0.05) is 10.7 Å². The maximum Gasteiger partial charge on any atom is 0.0658 e. The first-order valence-electron chi connectivity index (χ1n) is 2.78. The average Bonchev–Trinajstić information content (AvgIpc) is 1.95. The lowest BCUT2D eigenvalue weighted by Crippen LogP contribution is -1.89. The van der Waals surface area contributed by atoms with E-state index in [2.05, 4.69) is 17.5 Å². The number of nitrogens with one attached hydrogen (secondary N) is 1. The molecule has 0 aliphatic rings. The van der Waals surface area contributed by atoms with Crippen LogP contribution in [0.5, 0.6) is 0 Å². The van der Waals surface area contributed by atoms with Crippen molar-refractivity contribution < 1.29 is 0 Å². The van der Waals surface area contributed by atoms with E-state index in [4.69, 9.17) is 11.6 Å². The lowest BCUT2D eigenvalue weighted by molar-refractivity contribution is 1.67. The molecule has 1 nitrogen and oxygen atoms in total. The quantitative estimate of drug-likeness (QED) is 0.687. The molecule has 1 rings (SSSR count). The Morgan fingerprint density at radius 2 is 1.90 bits per heavy atom. The number of halogens is 1. The molecule has 0 aliphatic carbocycles. The highest BCUT2D eigenvalue weighted by atomic mass is 35.5. The smallest absolute Gasteiger partial charge is 0.0658 e. The number of anilines is 1. The number of hydrogen-bond donors (Lipinski definition) is 1. The molecule has 0 unspecified atom stereocenters. The summed E-state index contributed by atoms with van der Waals surface area (Å²) in [5.41, 5.74) is 2.42. The van der Waals surface area contributed by atoms with Crippen LogP contribution in [0.4, 0.5) is 5.69 Å². The predicted octanol–water partition coefficient (Wildman–Crippen LogP) is 2.71. The first-order chi connectivity index (χ1) is 4.83. The summed E-state index contributed by atoms with van der Waals surface area (Å²) in [5, 5.41) is 3.60. The minimum Gasteiger partial charge on any atom is -0.353 e. The summed E-state index contributed by atoms with van der Waals surface area (Å²) >= 11 is 10.2. The molecule has 0 aromatic heterocycles. The Balaban J connectivity index is 2.78. The molecule has 3 heteroatoms. The van der Waals surface area contributed by atoms with Gasteiger partial charge in [0.25, 0.3) is 0 Å². The van der Waals surface area contributed by atoms with E-state index < -0.39 is 0 Å². The van der Waals surface area contributed by atoms with E-state index in [1.54, 1.807) is 0 Å². The van der Waals surface area contributed by atoms with Crippen LogP contribution < -0.4 is 5.32 Å². The Bertz CT molecular complexity index is 220. The molecule has 0 heterocycles. The Labute approximate surface area is 70.0 Å². The van der Waals surface area contributed by atoms with Crippen LogP contribution in [0.2, 0.25) is 5.02 Å². The van der Waals surface area contributed by atoms with E-state index in [1.807, 2.05) is 24.3 Å². The monoisotopic (exact) mass is 171 g/mol. The molecule has 0 radical (unpaired) electrons. The zero-order valence-corrected chi connectivity index (χ0v) is 6.75. The van der Waals surface area contributed by atoms with Crippen LogP contribution in [0.1, 0.15) is 0 Å². The number of rotatable bonds is 2. The lowest BCUT2D eigenvalue weighted by atomic mass is 10.3. The summed E-state index contributed by atoms with van der Waals surface area (Å²) in [7, 11) is 0. The molecule has 0 saturated carbocycles. The molecule has 1 N–H and O–H groups in total. The average molecular weight is 172 g/mol. The lowest BCUT2D eigenvalue weighted by Gasteiger charge is -1.96. The number of thiocarbonyl (C=S) groups is 1. The van der Waals surface area contributed by atoms with Gasteiger partial charge in [0.05, 0.1) is 5.49 Å². The Hall–Kier alpha value is -0.600. The van der Waals surface area contributed by atoms with Crippen molar-refractivity contribution in [2.75, 3.05) is 5.32 Å². The van der Waals surface area contributed by atoms with Crippen molar-refractivity contribution in [1.29, 1.82) is 0 Å². The van der Waals surface area contributed by atoms with Gasteiger partial charge in [-0.2, -0.15) is 0 Å². The first kappa shape index (κ1) is 7.51. The largest absolute Gasteiger partial charge is 0.353 e. The third-order valence-electron chi connectivity index (χ3n) is 1.07. The molecule has 52 valence electrons. The second-order valence-corrected chi connectivity index (χ2v) is 2.44. The van der Waals surface area contributed by atoms with Crippen LogP contribution in [0.3, 0.4) is 0 Å². The van der Waals surface area contributed by atoms with Crippen molar-refractivity contribution in [2.45, 2.75) is 0 Å². The summed E-state index contributed by atoms with van der Waals surface area (Å²) in [6.45, 7) is 0. The SMILES string of the molecule is S=CNc1ccc(Cl)cc1. The maximum atomic E-state index is 5.65. The molecule has 0 saturated heterocycles. The molecule has 10 heavy (non-hydrogen) atoms. The first-order valence-corrected chi connectivity index (χ1v) is 3.63. The van der Waals surface area contributed by atoms with Crippen molar-refractivity contribution in [3.05, 3.63) is 29.3 Å². The van der Waals surface area contributed by atoms with Gasteiger partial charge in [-0.1, -0.05) is 23.8 Å². The van der Waals surface area contributed by atoms with Crippen LogP contribution in [0.25, 0.3) is 0 Å². The standard InChI is InChI=1S/C7H6ClNS/c8-6-1-3-7(4-2-6)9-5-10/h1-5H,(H,9,10). The van der Waals surface area contributed by atoms with Gasteiger partial charge in [-0.25, -0.2) is 0 Å². The fraction of sp³-hybridized carbons (Fsp3) is 0. The fourth-order valence-corrected chi connectivity index (χ4v) is 0.876. The van der Waals surface area contributed by atoms with Crippen LogP contribution in [-0.2, 0) is 0 Å². The highest BCUT2D eigenvalue weighted by molar-refractivity contribution is 7.79. The topological polar surface area (TPSA) is 12.0 Å². The van der Waals surface area contributed by atoms with Crippen molar-refractivity contribution >= 4 is 35.0 Å². The molecular weight excluding hydrogens is 166 g/mol. The highest BCUT2D eigenvalue weighted by Crippen LogP contribution is 2.12. The summed E-state index contributed by atoms with van der Waals surface area (Å²) in [5.74, 6) is 0. The summed E-state index contributed by atoms with van der Waals surface area (Å²) < 4.78 is 0. The highest BCUT2D eigenvalue weighted by Gasteiger charge is 1.86. The molecule has 1 aromatic carbocycles. The summed E-state index contributed by atoms with van der Waals surface area (Å²) in [6.07, 6.45) is 0. The predicted molar refractivity (Wildman–Crippen MR) is 48.7 cm³/mol. The van der Waals surface area contributed by atoms with E-state index in [-0.39, 0.29) is 0 Å². The Morgan fingerprint density at radius 3 is 2.40 bits per heavy atom. The molecule has 0 fully saturated rings. The normalized spacial score (nSPS) is 8.90.